The molecule has 2 rings (SSSR count). The van der Waals surface area contributed by atoms with Crippen LogP contribution in [0.4, 0.5) is 4.39 Å². The molecule has 0 heterocycles. The van der Waals surface area contributed by atoms with Gasteiger partial charge in [-0.3, -0.25) is 4.79 Å². The second-order valence-corrected chi connectivity index (χ2v) is 5.82. The van der Waals surface area contributed by atoms with Gasteiger partial charge in [0, 0.05) is 10.6 Å². The number of rotatable bonds is 5. The Morgan fingerprint density at radius 1 is 1.58 bits per heavy atom. The molecule has 5 heteroatoms. The summed E-state index contributed by atoms with van der Waals surface area (Å²) >= 11 is 1.40. The van der Waals surface area contributed by atoms with E-state index in [0.717, 1.165) is 12.8 Å². The highest BCUT2D eigenvalue weighted by Crippen LogP contribution is 2.52. The van der Waals surface area contributed by atoms with Gasteiger partial charge in [-0.15, -0.1) is 11.8 Å². The van der Waals surface area contributed by atoms with E-state index in [-0.39, 0.29) is 17.2 Å². The van der Waals surface area contributed by atoms with Crippen LogP contribution >= 0.6 is 11.8 Å². The standard InChI is InChI=1S/C14H14FNO2S/c1-18-13(17)7-14(4-5-14)9-19-12-3-2-10(8-16)6-11(12)15/h2-3,6H,4-5,7,9H2,1H3. The third kappa shape index (κ3) is 3.48. The first-order valence-corrected chi connectivity index (χ1v) is 6.96. The first kappa shape index (κ1) is 13.9. The van der Waals surface area contributed by atoms with Crippen LogP contribution < -0.4 is 0 Å². The minimum Gasteiger partial charge on any atom is -0.469 e. The molecule has 1 aromatic carbocycles. The summed E-state index contributed by atoms with van der Waals surface area (Å²) in [6.45, 7) is 0. The third-order valence-electron chi connectivity index (χ3n) is 3.30. The number of benzene rings is 1. The van der Waals surface area contributed by atoms with Crippen LogP contribution in [-0.2, 0) is 9.53 Å². The number of carbonyl (C=O) groups is 1. The van der Waals surface area contributed by atoms with Crippen LogP contribution in [0.2, 0.25) is 0 Å². The number of carbonyl (C=O) groups excluding carboxylic acids is 1. The van der Waals surface area contributed by atoms with Crippen LogP contribution in [0, 0.1) is 22.6 Å². The highest BCUT2D eigenvalue weighted by Gasteiger charge is 2.44. The van der Waals surface area contributed by atoms with E-state index in [1.165, 1.54) is 24.9 Å². The van der Waals surface area contributed by atoms with Crippen molar-refractivity contribution in [1.82, 2.24) is 0 Å². The maximum absolute atomic E-state index is 13.7. The van der Waals surface area contributed by atoms with Crippen molar-refractivity contribution in [1.29, 1.82) is 5.26 Å². The van der Waals surface area contributed by atoms with Gasteiger partial charge < -0.3 is 4.74 Å². The van der Waals surface area contributed by atoms with Crippen molar-refractivity contribution in [3.8, 4) is 6.07 Å². The van der Waals surface area contributed by atoms with Crippen molar-refractivity contribution in [2.75, 3.05) is 12.9 Å². The number of ether oxygens (including phenoxy) is 1. The number of hydrogen-bond acceptors (Lipinski definition) is 4. The topological polar surface area (TPSA) is 50.1 Å². The van der Waals surface area contributed by atoms with Gasteiger partial charge in [-0.2, -0.15) is 5.26 Å². The molecule has 100 valence electrons. The molecule has 0 aliphatic heterocycles. The van der Waals surface area contributed by atoms with Crippen molar-refractivity contribution in [3.63, 3.8) is 0 Å². The Labute approximate surface area is 115 Å². The van der Waals surface area contributed by atoms with Gasteiger partial charge in [0.05, 0.1) is 25.2 Å². The van der Waals surface area contributed by atoms with E-state index >= 15 is 0 Å². The van der Waals surface area contributed by atoms with Crippen LogP contribution in [0.5, 0.6) is 0 Å². The maximum atomic E-state index is 13.7. The predicted molar refractivity (Wildman–Crippen MR) is 70.1 cm³/mol. The highest BCUT2D eigenvalue weighted by molar-refractivity contribution is 7.99. The number of nitriles is 1. The summed E-state index contributed by atoms with van der Waals surface area (Å²) in [5.41, 5.74) is 0.288. The Morgan fingerprint density at radius 3 is 2.84 bits per heavy atom. The molecule has 1 aromatic rings. The zero-order chi connectivity index (χ0) is 13.9. The number of halogens is 1. The van der Waals surface area contributed by atoms with E-state index in [1.807, 2.05) is 6.07 Å². The van der Waals surface area contributed by atoms with E-state index in [1.54, 1.807) is 12.1 Å². The SMILES string of the molecule is COC(=O)CC1(CSc2ccc(C#N)cc2F)CC1. The molecular formula is C14H14FNO2S. The van der Waals surface area contributed by atoms with Gasteiger partial charge in [-0.05, 0) is 36.5 Å². The lowest BCUT2D eigenvalue weighted by Gasteiger charge is -2.13. The second-order valence-electron chi connectivity index (χ2n) is 4.80. The number of thioether (sulfide) groups is 1. The summed E-state index contributed by atoms with van der Waals surface area (Å²) in [7, 11) is 1.38. The number of methoxy groups -OCH3 is 1. The molecule has 0 spiro atoms. The first-order valence-electron chi connectivity index (χ1n) is 5.98. The molecule has 0 bridgehead atoms. The van der Waals surface area contributed by atoms with Crippen LogP contribution in [0.25, 0.3) is 0 Å². The normalized spacial score (nSPS) is 15.6. The molecule has 0 radical (unpaired) electrons. The summed E-state index contributed by atoms with van der Waals surface area (Å²) < 4.78 is 18.4. The van der Waals surface area contributed by atoms with E-state index in [4.69, 9.17) is 5.26 Å². The zero-order valence-electron chi connectivity index (χ0n) is 10.6. The second kappa shape index (κ2) is 5.62. The van der Waals surface area contributed by atoms with Crippen molar-refractivity contribution in [2.24, 2.45) is 5.41 Å². The molecule has 1 saturated carbocycles. The largest absolute Gasteiger partial charge is 0.469 e. The van der Waals surface area contributed by atoms with Gasteiger partial charge in [0.25, 0.3) is 0 Å². The molecule has 19 heavy (non-hydrogen) atoms. The maximum Gasteiger partial charge on any atom is 0.306 e. The first-order chi connectivity index (χ1) is 9.08. The molecule has 1 aliphatic rings. The van der Waals surface area contributed by atoms with Gasteiger partial charge in [0.15, 0.2) is 0 Å². The average molecular weight is 279 g/mol. The van der Waals surface area contributed by atoms with E-state index < -0.39 is 0 Å². The van der Waals surface area contributed by atoms with Gasteiger partial charge in [-0.1, -0.05) is 0 Å². The molecule has 1 aliphatic carbocycles. The molecule has 0 saturated heterocycles. The van der Waals surface area contributed by atoms with Crippen molar-refractivity contribution in [3.05, 3.63) is 29.6 Å². The van der Waals surface area contributed by atoms with Crippen LogP contribution in [-0.4, -0.2) is 18.8 Å². The smallest absolute Gasteiger partial charge is 0.306 e. The monoisotopic (exact) mass is 279 g/mol. The number of hydrogen-bond donors (Lipinski definition) is 0. The summed E-state index contributed by atoms with van der Waals surface area (Å²) in [5.74, 6) is 0.113. The van der Waals surface area contributed by atoms with E-state index in [9.17, 15) is 9.18 Å². The van der Waals surface area contributed by atoms with Gasteiger partial charge in [0.1, 0.15) is 5.82 Å². The highest BCUT2D eigenvalue weighted by atomic mass is 32.2. The summed E-state index contributed by atoms with van der Waals surface area (Å²) in [6, 6.07) is 6.36. The quantitative estimate of drug-likeness (QED) is 0.613. The Kier molecular flexibility index (Phi) is 4.11. The fourth-order valence-electron chi connectivity index (χ4n) is 1.85. The molecule has 0 aromatic heterocycles. The van der Waals surface area contributed by atoms with Gasteiger partial charge in [-0.25, -0.2) is 4.39 Å². The summed E-state index contributed by atoms with van der Waals surface area (Å²) in [4.78, 5) is 11.8. The van der Waals surface area contributed by atoms with Crippen molar-refractivity contribution >= 4 is 17.7 Å². The number of esters is 1. The Hall–Kier alpha value is -1.54. The molecule has 3 nitrogen and oxygen atoms in total. The Bertz CT molecular complexity index is 535. The lowest BCUT2D eigenvalue weighted by molar-refractivity contribution is -0.141. The summed E-state index contributed by atoms with van der Waals surface area (Å²) in [5, 5.41) is 8.67. The third-order valence-corrected chi connectivity index (χ3v) is 4.70. The summed E-state index contributed by atoms with van der Waals surface area (Å²) in [6.07, 6.45) is 2.36. The Morgan fingerprint density at radius 2 is 2.32 bits per heavy atom. The van der Waals surface area contributed by atoms with Crippen molar-refractivity contribution in [2.45, 2.75) is 24.2 Å². The lowest BCUT2D eigenvalue weighted by atomic mass is 10.1. The molecular weight excluding hydrogens is 265 g/mol. The molecule has 0 unspecified atom stereocenters. The molecule has 0 N–H and O–H groups in total. The number of nitrogens with zero attached hydrogens (tertiary/aromatic N) is 1. The predicted octanol–water partition coefficient (Wildman–Crippen LogP) is 3.13. The van der Waals surface area contributed by atoms with E-state index in [0.29, 0.717) is 22.6 Å². The van der Waals surface area contributed by atoms with Crippen LogP contribution in [0.15, 0.2) is 23.1 Å². The molecule has 0 atom stereocenters. The molecule has 0 amide bonds. The van der Waals surface area contributed by atoms with Crippen molar-refractivity contribution < 1.29 is 13.9 Å². The minimum atomic E-state index is -0.377. The van der Waals surface area contributed by atoms with Crippen LogP contribution in [0.3, 0.4) is 0 Å². The van der Waals surface area contributed by atoms with Crippen LogP contribution in [0.1, 0.15) is 24.8 Å². The average Bonchev–Trinajstić information content (AvgIpc) is 3.17. The fraction of sp³-hybridized carbons (Fsp3) is 0.429. The lowest BCUT2D eigenvalue weighted by Crippen LogP contribution is -2.13. The van der Waals surface area contributed by atoms with Gasteiger partial charge >= 0.3 is 5.97 Å². The zero-order valence-corrected chi connectivity index (χ0v) is 11.4. The fourth-order valence-corrected chi connectivity index (χ4v) is 3.06. The Balaban J connectivity index is 1.96. The van der Waals surface area contributed by atoms with Gasteiger partial charge in [0.2, 0.25) is 0 Å². The van der Waals surface area contributed by atoms with E-state index in [2.05, 4.69) is 4.74 Å². The minimum absolute atomic E-state index is 0.0297. The molecule has 1 fully saturated rings.